The summed E-state index contributed by atoms with van der Waals surface area (Å²) in [6.45, 7) is 8.10. The van der Waals surface area contributed by atoms with E-state index in [0.29, 0.717) is 29.2 Å². The van der Waals surface area contributed by atoms with Crippen LogP contribution in [0.4, 0.5) is 0 Å². The molecule has 6 heteroatoms. The van der Waals surface area contributed by atoms with Crippen molar-refractivity contribution in [3.63, 3.8) is 0 Å². The number of rotatable bonds is 4. The second kappa shape index (κ2) is 12.6. The molecule has 0 N–H and O–H groups in total. The van der Waals surface area contributed by atoms with Crippen molar-refractivity contribution in [2.45, 2.75) is 39.9 Å². The van der Waals surface area contributed by atoms with Gasteiger partial charge >= 0.3 is 0 Å². The molecule has 0 fully saturated rings. The summed E-state index contributed by atoms with van der Waals surface area (Å²) < 4.78 is 10.1. The molecule has 0 aromatic carbocycles. The summed E-state index contributed by atoms with van der Waals surface area (Å²) in [6.07, 6.45) is 0.779. The molecule has 0 aliphatic rings. The molecule has 12 heavy (non-hydrogen) atoms. The van der Waals surface area contributed by atoms with Gasteiger partial charge in [-0.05, 0) is 27.7 Å². The zero-order chi connectivity index (χ0) is 9.98. The highest BCUT2D eigenvalue weighted by molar-refractivity contribution is 8.00. The van der Waals surface area contributed by atoms with Crippen LogP contribution in [0.3, 0.4) is 0 Å². The minimum atomic E-state index is 0.390. The van der Waals surface area contributed by atoms with Crippen molar-refractivity contribution in [1.82, 2.24) is 0 Å². The molecule has 0 aliphatic carbocycles. The van der Waals surface area contributed by atoms with Gasteiger partial charge in [-0.1, -0.05) is 17.9 Å². The van der Waals surface area contributed by atoms with Gasteiger partial charge in [-0.15, -0.1) is 0 Å². The predicted octanol–water partition coefficient (Wildman–Crippen LogP) is 3.59. The van der Waals surface area contributed by atoms with Crippen molar-refractivity contribution >= 4 is 34.8 Å². The monoisotopic (exact) mass is 248 g/mol. The van der Waals surface area contributed by atoms with E-state index in [9.17, 15) is 0 Å². The smallest absolute Gasteiger partial charge is 0.0562 e. The first-order valence-corrected chi connectivity index (χ1v) is 9.20. The Hall–Kier alpha value is 1.64. The summed E-state index contributed by atoms with van der Waals surface area (Å²) in [4.78, 5) is 0. The van der Waals surface area contributed by atoms with E-state index in [1.165, 1.54) is 0 Å². The molecule has 0 saturated carbocycles. The maximum absolute atomic E-state index is 5.03. The maximum Gasteiger partial charge on any atom is 0.0562 e. The van der Waals surface area contributed by atoms with Crippen molar-refractivity contribution < 1.29 is 9.05 Å². The van der Waals surface area contributed by atoms with E-state index in [2.05, 4.69) is 17.9 Å². The second-order valence-electron chi connectivity index (χ2n) is 2.57. The van der Waals surface area contributed by atoms with Gasteiger partial charge in [-0.25, -0.2) is 0 Å². The molecular formula is C6H20O2P4. The lowest BCUT2D eigenvalue weighted by molar-refractivity contribution is 0.284. The van der Waals surface area contributed by atoms with Crippen LogP contribution in [0.2, 0.25) is 0 Å². The standard InChI is InChI=1S/2C3H10OP2/c2*1-3(2)4-6-5/h2*3,6H,5H2,1-2H3. The van der Waals surface area contributed by atoms with Crippen LogP contribution in [0.25, 0.3) is 0 Å². The van der Waals surface area contributed by atoms with Crippen LogP contribution in [0.1, 0.15) is 27.7 Å². The average Bonchev–Trinajstić information content (AvgIpc) is 1.87. The summed E-state index contributed by atoms with van der Waals surface area (Å²) in [5.74, 6) is 0. The third kappa shape index (κ3) is 22.6. The molecule has 0 bridgehead atoms. The summed E-state index contributed by atoms with van der Waals surface area (Å²) >= 11 is 0. The Labute approximate surface area is 84.2 Å². The summed E-state index contributed by atoms with van der Waals surface area (Å²) in [6, 6.07) is 0. The van der Waals surface area contributed by atoms with E-state index in [1.807, 2.05) is 27.7 Å². The first-order chi connectivity index (χ1) is 5.54. The van der Waals surface area contributed by atoms with Gasteiger partial charge in [0, 0.05) is 17.0 Å². The van der Waals surface area contributed by atoms with Gasteiger partial charge in [0.2, 0.25) is 0 Å². The van der Waals surface area contributed by atoms with Crippen molar-refractivity contribution in [1.29, 1.82) is 0 Å². The Balaban J connectivity index is 0. The first kappa shape index (κ1) is 16.1. The summed E-state index contributed by atoms with van der Waals surface area (Å²) in [7, 11) is 6.17. The topological polar surface area (TPSA) is 18.5 Å². The molecule has 0 saturated heterocycles. The van der Waals surface area contributed by atoms with Gasteiger partial charge in [0.1, 0.15) is 0 Å². The molecule has 0 rings (SSSR count). The second-order valence-corrected chi connectivity index (χ2v) is 4.93. The highest BCUT2D eigenvalue weighted by Gasteiger charge is 1.84. The van der Waals surface area contributed by atoms with Crippen LogP contribution in [0, 0.1) is 0 Å². The van der Waals surface area contributed by atoms with Crippen molar-refractivity contribution in [2.75, 3.05) is 0 Å². The predicted molar refractivity (Wildman–Crippen MR) is 68.5 cm³/mol. The first-order valence-electron chi connectivity index (χ1n) is 3.77. The van der Waals surface area contributed by atoms with Gasteiger partial charge < -0.3 is 9.05 Å². The van der Waals surface area contributed by atoms with Crippen LogP contribution in [-0.2, 0) is 9.05 Å². The maximum atomic E-state index is 5.03. The fraction of sp³-hybridized carbons (Fsp3) is 1.00. The van der Waals surface area contributed by atoms with Crippen LogP contribution < -0.4 is 0 Å². The quantitative estimate of drug-likeness (QED) is 0.708. The Bertz CT molecular complexity index is 69.9. The third-order valence-electron chi connectivity index (χ3n) is 0.607. The van der Waals surface area contributed by atoms with Crippen LogP contribution in [0.15, 0.2) is 0 Å². The van der Waals surface area contributed by atoms with Gasteiger partial charge in [0.25, 0.3) is 0 Å². The summed E-state index contributed by atoms with van der Waals surface area (Å²) in [5.41, 5.74) is 0. The third-order valence-corrected chi connectivity index (χ3v) is 2.64. The molecule has 0 aliphatic heterocycles. The highest BCUT2D eigenvalue weighted by Crippen LogP contribution is 2.23. The number of hydrogen-bond donors (Lipinski definition) is 0. The molecule has 76 valence electrons. The zero-order valence-electron chi connectivity index (χ0n) is 8.13. The van der Waals surface area contributed by atoms with E-state index in [1.54, 1.807) is 0 Å². The fourth-order valence-electron chi connectivity index (χ4n) is 0.272. The average molecular weight is 248 g/mol. The van der Waals surface area contributed by atoms with E-state index in [4.69, 9.17) is 9.05 Å². The minimum Gasteiger partial charge on any atom is -0.356 e. The van der Waals surface area contributed by atoms with Gasteiger partial charge in [0.05, 0.1) is 12.2 Å². The van der Waals surface area contributed by atoms with Crippen molar-refractivity contribution in [2.24, 2.45) is 0 Å². The molecule has 0 spiro atoms. The lowest BCUT2D eigenvalue weighted by Gasteiger charge is -1.99. The molecule has 4 unspecified atom stereocenters. The molecule has 0 aromatic rings. The van der Waals surface area contributed by atoms with Gasteiger partial charge in [0.15, 0.2) is 0 Å². The molecular weight excluding hydrogens is 228 g/mol. The van der Waals surface area contributed by atoms with Gasteiger partial charge in [-0.2, -0.15) is 0 Å². The molecule has 0 heterocycles. The lowest BCUT2D eigenvalue weighted by atomic mass is 10.5. The SMILES string of the molecule is CC(C)OPP.CC(C)OPP. The molecule has 4 atom stereocenters. The minimum absolute atomic E-state index is 0.390. The van der Waals surface area contributed by atoms with Crippen molar-refractivity contribution in [3.8, 4) is 0 Å². The molecule has 0 radical (unpaired) electrons. The summed E-state index contributed by atoms with van der Waals surface area (Å²) in [5, 5.41) is 0. The molecule has 0 amide bonds. The van der Waals surface area contributed by atoms with E-state index >= 15 is 0 Å². The lowest BCUT2D eigenvalue weighted by Crippen LogP contribution is -1.89. The Morgan fingerprint density at radius 3 is 1.08 bits per heavy atom. The van der Waals surface area contributed by atoms with Crippen molar-refractivity contribution in [3.05, 3.63) is 0 Å². The van der Waals surface area contributed by atoms with E-state index in [0.717, 1.165) is 0 Å². The Morgan fingerprint density at radius 2 is 1.08 bits per heavy atom. The highest BCUT2D eigenvalue weighted by atomic mass is 32.0. The molecule has 0 aromatic heterocycles. The van der Waals surface area contributed by atoms with E-state index < -0.39 is 0 Å². The zero-order valence-corrected chi connectivity index (χ0v) is 12.4. The van der Waals surface area contributed by atoms with Crippen LogP contribution in [0.5, 0.6) is 0 Å². The van der Waals surface area contributed by atoms with Crippen LogP contribution in [-0.4, -0.2) is 12.2 Å². The Kier molecular flexibility index (Phi) is 16.9. The van der Waals surface area contributed by atoms with Crippen LogP contribution >= 0.6 is 34.8 Å². The Morgan fingerprint density at radius 1 is 0.833 bits per heavy atom. The van der Waals surface area contributed by atoms with E-state index in [-0.39, 0.29) is 0 Å². The molecule has 2 nitrogen and oxygen atoms in total. The fourth-order valence-corrected chi connectivity index (χ4v) is 2.45. The largest absolute Gasteiger partial charge is 0.356 e. The number of hydrogen-bond acceptors (Lipinski definition) is 2. The normalized spacial score (nSPS) is 12.0. The van der Waals surface area contributed by atoms with Gasteiger partial charge in [-0.3, -0.25) is 0 Å².